The lowest BCUT2D eigenvalue weighted by molar-refractivity contribution is -0.116. The fourth-order valence-corrected chi connectivity index (χ4v) is 2.72. The SMILES string of the molecule is Cc1cc(NC(=O)CCCOc2ccc(Cl)cc2C)n(C(C)(C)C)n1. The number of hydrogen-bond donors (Lipinski definition) is 1. The number of carbonyl (C=O) groups is 1. The van der Waals surface area contributed by atoms with Crippen molar-refractivity contribution >= 4 is 23.3 Å². The third-order valence-corrected chi connectivity index (χ3v) is 3.91. The average Bonchev–Trinajstić information content (AvgIpc) is 2.86. The van der Waals surface area contributed by atoms with Crippen LogP contribution in [0.25, 0.3) is 0 Å². The van der Waals surface area contributed by atoms with E-state index in [2.05, 4.69) is 31.2 Å². The first-order valence-electron chi connectivity index (χ1n) is 8.43. The largest absolute Gasteiger partial charge is 0.493 e. The molecule has 1 N–H and O–H groups in total. The van der Waals surface area contributed by atoms with Gasteiger partial charge < -0.3 is 10.1 Å². The summed E-state index contributed by atoms with van der Waals surface area (Å²) < 4.78 is 7.56. The zero-order valence-electron chi connectivity index (χ0n) is 15.5. The van der Waals surface area contributed by atoms with Gasteiger partial charge in [-0.2, -0.15) is 5.10 Å². The van der Waals surface area contributed by atoms with Crippen LogP contribution in [0.15, 0.2) is 24.3 Å². The number of halogens is 1. The predicted octanol–water partition coefficient (Wildman–Crippen LogP) is 4.71. The molecule has 2 aromatic rings. The molecule has 1 aromatic carbocycles. The van der Waals surface area contributed by atoms with Gasteiger partial charge in [0.15, 0.2) is 0 Å². The van der Waals surface area contributed by atoms with Crippen molar-refractivity contribution in [1.29, 1.82) is 0 Å². The van der Waals surface area contributed by atoms with E-state index in [1.54, 1.807) is 6.07 Å². The number of amides is 1. The number of anilines is 1. The summed E-state index contributed by atoms with van der Waals surface area (Å²) >= 11 is 5.93. The lowest BCUT2D eigenvalue weighted by atomic mass is 10.1. The van der Waals surface area contributed by atoms with E-state index in [9.17, 15) is 4.79 Å². The molecule has 0 spiro atoms. The summed E-state index contributed by atoms with van der Waals surface area (Å²) in [4.78, 5) is 12.2. The van der Waals surface area contributed by atoms with Crippen LogP contribution in [0.1, 0.15) is 44.9 Å². The van der Waals surface area contributed by atoms with Crippen LogP contribution in [0.5, 0.6) is 5.75 Å². The van der Waals surface area contributed by atoms with Crippen LogP contribution in [-0.4, -0.2) is 22.3 Å². The Labute approximate surface area is 154 Å². The lowest BCUT2D eigenvalue weighted by Gasteiger charge is -2.22. The number of carbonyl (C=O) groups excluding carboxylic acids is 1. The molecule has 25 heavy (non-hydrogen) atoms. The molecule has 0 unspecified atom stereocenters. The van der Waals surface area contributed by atoms with Crippen molar-refractivity contribution in [3.8, 4) is 5.75 Å². The van der Waals surface area contributed by atoms with Gasteiger partial charge in [0.2, 0.25) is 5.91 Å². The second kappa shape index (κ2) is 7.91. The van der Waals surface area contributed by atoms with Gasteiger partial charge in [0.05, 0.1) is 17.8 Å². The van der Waals surface area contributed by atoms with Crippen LogP contribution >= 0.6 is 11.6 Å². The van der Waals surface area contributed by atoms with E-state index >= 15 is 0 Å². The Kier molecular flexibility index (Phi) is 6.11. The van der Waals surface area contributed by atoms with E-state index in [1.165, 1.54) is 0 Å². The van der Waals surface area contributed by atoms with Gasteiger partial charge in [-0.3, -0.25) is 4.79 Å². The summed E-state index contributed by atoms with van der Waals surface area (Å²) in [7, 11) is 0. The average molecular weight is 364 g/mol. The first-order chi connectivity index (χ1) is 11.7. The number of rotatable bonds is 6. The van der Waals surface area contributed by atoms with Crippen molar-refractivity contribution in [2.45, 2.75) is 53.0 Å². The van der Waals surface area contributed by atoms with Crippen LogP contribution in [-0.2, 0) is 10.3 Å². The summed E-state index contributed by atoms with van der Waals surface area (Å²) in [6, 6.07) is 7.39. The van der Waals surface area contributed by atoms with Crippen LogP contribution in [0.2, 0.25) is 5.02 Å². The molecule has 0 aliphatic rings. The fourth-order valence-electron chi connectivity index (χ4n) is 2.49. The van der Waals surface area contributed by atoms with E-state index in [-0.39, 0.29) is 11.4 Å². The highest BCUT2D eigenvalue weighted by atomic mass is 35.5. The third-order valence-electron chi connectivity index (χ3n) is 3.68. The number of nitrogens with zero attached hydrogens (tertiary/aromatic N) is 2. The first kappa shape index (κ1) is 19.3. The van der Waals surface area contributed by atoms with Gasteiger partial charge in [-0.15, -0.1) is 0 Å². The maximum Gasteiger partial charge on any atom is 0.225 e. The van der Waals surface area contributed by atoms with Gasteiger partial charge in [0, 0.05) is 17.5 Å². The molecular weight excluding hydrogens is 338 g/mol. The minimum absolute atomic E-state index is 0.0400. The highest BCUT2D eigenvalue weighted by molar-refractivity contribution is 6.30. The minimum Gasteiger partial charge on any atom is -0.493 e. The van der Waals surface area contributed by atoms with Crippen molar-refractivity contribution in [2.24, 2.45) is 0 Å². The summed E-state index contributed by atoms with van der Waals surface area (Å²) in [5.41, 5.74) is 1.68. The van der Waals surface area contributed by atoms with Gasteiger partial charge >= 0.3 is 0 Å². The Bertz CT molecular complexity index is 748. The Morgan fingerprint density at radius 2 is 2.00 bits per heavy atom. The van der Waals surface area contributed by atoms with E-state index in [4.69, 9.17) is 16.3 Å². The molecule has 136 valence electrons. The minimum atomic E-state index is -0.188. The maximum absolute atomic E-state index is 12.2. The monoisotopic (exact) mass is 363 g/mol. The molecule has 5 nitrogen and oxygen atoms in total. The molecular formula is C19H26ClN3O2. The Morgan fingerprint density at radius 1 is 1.28 bits per heavy atom. The van der Waals surface area contributed by atoms with Crippen molar-refractivity contribution < 1.29 is 9.53 Å². The molecule has 1 heterocycles. The highest BCUT2D eigenvalue weighted by Gasteiger charge is 2.19. The zero-order chi connectivity index (χ0) is 18.6. The highest BCUT2D eigenvalue weighted by Crippen LogP contribution is 2.23. The molecule has 1 amide bonds. The van der Waals surface area contributed by atoms with Gasteiger partial charge in [-0.05, 0) is 64.8 Å². The van der Waals surface area contributed by atoms with Crippen LogP contribution in [0.3, 0.4) is 0 Å². The molecule has 2 rings (SSSR count). The van der Waals surface area contributed by atoms with Crippen LogP contribution < -0.4 is 10.1 Å². The van der Waals surface area contributed by atoms with Gasteiger partial charge in [0.1, 0.15) is 11.6 Å². The molecule has 6 heteroatoms. The smallest absolute Gasteiger partial charge is 0.225 e. The molecule has 0 aliphatic carbocycles. The Morgan fingerprint density at radius 3 is 2.64 bits per heavy atom. The van der Waals surface area contributed by atoms with Crippen LogP contribution in [0, 0.1) is 13.8 Å². The molecule has 1 aromatic heterocycles. The van der Waals surface area contributed by atoms with Gasteiger partial charge in [-0.25, -0.2) is 4.68 Å². The Hall–Kier alpha value is -2.01. The zero-order valence-corrected chi connectivity index (χ0v) is 16.3. The second-order valence-corrected chi connectivity index (χ2v) is 7.60. The molecule has 0 fully saturated rings. The Balaban J connectivity index is 1.83. The molecule has 0 radical (unpaired) electrons. The molecule has 0 saturated carbocycles. The van der Waals surface area contributed by atoms with E-state index in [0.717, 1.165) is 22.8 Å². The second-order valence-electron chi connectivity index (χ2n) is 7.16. The summed E-state index contributed by atoms with van der Waals surface area (Å²) in [5.74, 6) is 1.48. The third kappa shape index (κ3) is 5.49. The standard InChI is InChI=1S/C19H26ClN3O2/c1-13-11-15(20)8-9-16(13)25-10-6-7-18(24)21-17-12-14(2)22-23(17)19(3,4)5/h8-9,11-12H,6-7,10H2,1-5H3,(H,21,24). The summed E-state index contributed by atoms with van der Waals surface area (Å²) in [6.45, 7) is 10.5. The topological polar surface area (TPSA) is 56.1 Å². The molecule has 0 atom stereocenters. The van der Waals surface area contributed by atoms with Gasteiger partial charge in [0.25, 0.3) is 0 Å². The van der Waals surface area contributed by atoms with Crippen LogP contribution in [0.4, 0.5) is 5.82 Å². The number of benzene rings is 1. The fraction of sp³-hybridized carbons (Fsp3) is 0.474. The molecule has 0 aliphatic heterocycles. The number of aromatic nitrogens is 2. The van der Waals surface area contributed by atoms with Gasteiger partial charge in [-0.1, -0.05) is 11.6 Å². The summed E-state index contributed by atoms with van der Waals surface area (Å²) in [6.07, 6.45) is 1.03. The van der Waals surface area contributed by atoms with Crippen molar-refractivity contribution in [3.63, 3.8) is 0 Å². The van der Waals surface area contributed by atoms with Crippen molar-refractivity contribution in [1.82, 2.24) is 9.78 Å². The predicted molar refractivity (Wildman–Crippen MR) is 102 cm³/mol. The van der Waals surface area contributed by atoms with Crippen molar-refractivity contribution in [2.75, 3.05) is 11.9 Å². The normalized spacial score (nSPS) is 11.4. The number of nitrogens with one attached hydrogen (secondary N) is 1. The van der Waals surface area contributed by atoms with Crippen molar-refractivity contribution in [3.05, 3.63) is 40.5 Å². The lowest BCUT2D eigenvalue weighted by Crippen LogP contribution is -2.26. The van der Waals surface area contributed by atoms with E-state index in [1.807, 2.05) is 36.7 Å². The van der Waals surface area contributed by atoms with E-state index in [0.29, 0.717) is 24.5 Å². The quantitative estimate of drug-likeness (QED) is 0.756. The number of hydrogen-bond acceptors (Lipinski definition) is 3. The number of ether oxygens (including phenoxy) is 1. The first-order valence-corrected chi connectivity index (χ1v) is 8.80. The molecule has 0 saturated heterocycles. The maximum atomic E-state index is 12.2. The number of aryl methyl sites for hydroxylation is 2. The molecule has 0 bridgehead atoms. The van der Waals surface area contributed by atoms with E-state index < -0.39 is 0 Å². The summed E-state index contributed by atoms with van der Waals surface area (Å²) in [5, 5.41) is 8.09.